The zero-order valence-electron chi connectivity index (χ0n) is 6.33. The normalized spacial score (nSPS) is 31.5. The third-order valence-electron chi connectivity index (χ3n) is 1.46. The van der Waals surface area contributed by atoms with Crippen molar-refractivity contribution in [2.75, 3.05) is 6.61 Å². The Bertz CT molecular complexity index is 125. The van der Waals surface area contributed by atoms with Crippen LogP contribution in [0.5, 0.6) is 0 Å². The lowest BCUT2D eigenvalue weighted by Crippen LogP contribution is -2.44. The van der Waals surface area contributed by atoms with Crippen LogP contribution in [0.15, 0.2) is 0 Å². The quantitative estimate of drug-likeness (QED) is 0.484. The number of nitrogens with two attached hydrogens (primary N) is 2. The highest BCUT2D eigenvalue weighted by atomic mass is 16.7. The van der Waals surface area contributed by atoms with Crippen LogP contribution in [0.1, 0.15) is 13.8 Å². The van der Waals surface area contributed by atoms with E-state index in [9.17, 15) is 0 Å². The second kappa shape index (κ2) is 2.47. The fraction of sp³-hybridized carbons (Fsp3) is 1.00. The second-order valence-electron chi connectivity index (χ2n) is 2.94. The van der Waals surface area contributed by atoms with Gasteiger partial charge in [-0.05, 0) is 13.8 Å². The largest absolute Gasteiger partial charge is 0.348 e. The van der Waals surface area contributed by atoms with Crippen LogP contribution < -0.4 is 11.5 Å². The summed E-state index contributed by atoms with van der Waals surface area (Å²) in [6.07, 6.45) is -0.600. The molecule has 0 aromatic heterocycles. The molecule has 1 unspecified atom stereocenters. The number of hydrogen-bond donors (Lipinski definition) is 2. The maximum Gasteiger partial charge on any atom is 0.163 e. The van der Waals surface area contributed by atoms with E-state index in [1.54, 1.807) is 0 Å². The zero-order valence-corrected chi connectivity index (χ0v) is 6.33. The smallest absolute Gasteiger partial charge is 0.163 e. The molecule has 0 aromatic carbocycles. The molecule has 0 bridgehead atoms. The van der Waals surface area contributed by atoms with Crippen molar-refractivity contribution >= 4 is 0 Å². The Balaban J connectivity index is 2.43. The van der Waals surface area contributed by atoms with E-state index in [0.717, 1.165) is 0 Å². The van der Waals surface area contributed by atoms with Gasteiger partial charge in [0.2, 0.25) is 0 Å². The predicted octanol–water partition coefficient (Wildman–Crippen LogP) is -0.619. The van der Waals surface area contributed by atoms with E-state index in [-0.39, 0.29) is 6.10 Å². The highest BCUT2D eigenvalue weighted by Gasteiger charge is 2.34. The molecule has 10 heavy (non-hydrogen) atoms. The first-order valence-electron chi connectivity index (χ1n) is 3.34. The van der Waals surface area contributed by atoms with Crippen molar-refractivity contribution in [3.63, 3.8) is 0 Å². The Kier molecular flexibility index (Phi) is 1.96. The number of ether oxygens (including phenoxy) is 2. The Labute approximate surface area is 60.5 Å². The van der Waals surface area contributed by atoms with Crippen LogP contribution in [0.4, 0.5) is 0 Å². The van der Waals surface area contributed by atoms with Gasteiger partial charge < -0.3 is 20.9 Å². The van der Waals surface area contributed by atoms with Gasteiger partial charge in [0.1, 0.15) is 6.10 Å². The van der Waals surface area contributed by atoms with Crippen molar-refractivity contribution in [3.8, 4) is 0 Å². The minimum absolute atomic E-state index is 0.157. The van der Waals surface area contributed by atoms with E-state index in [1.807, 2.05) is 13.8 Å². The van der Waals surface area contributed by atoms with Gasteiger partial charge in [0.05, 0.1) is 12.8 Å². The van der Waals surface area contributed by atoms with E-state index < -0.39 is 12.0 Å². The zero-order chi connectivity index (χ0) is 7.78. The lowest BCUT2D eigenvalue weighted by Gasteiger charge is -2.18. The molecule has 1 rings (SSSR count). The number of rotatable bonds is 1. The number of hydrogen-bond acceptors (Lipinski definition) is 4. The Morgan fingerprint density at radius 3 is 2.30 bits per heavy atom. The standard InChI is InChI=1S/C6H14N2O2/c1-6(2)9-3-4(10-6)5(7)8/h4-5H,3,7-8H2,1-2H3. The molecular weight excluding hydrogens is 132 g/mol. The van der Waals surface area contributed by atoms with Crippen LogP contribution in [0, 0.1) is 0 Å². The molecule has 1 aliphatic rings. The van der Waals surface area contributed by atoms with E-state index in [0.29, 0.717) is 6.61 Å². The van der Waals surface area contributed by atoms with Gasteiger partial charge in [-0.2, -0.15) is 0 Å². The molecule has 0 aliphatic carbocycles. The van der Waals surface area contributed by atoms with E-state index in [2.05, 4.69) is 0 Å². The molecular formula is C6H14N2O2. The van der Waals surface area contributed by atoms with Gasteiger partial charge in [0, 0.05) is 0 Å². The van der Waals surface area contributed by atoms with Crippen molar-refractivity contribution in [2.24, 2.45) is 11.5 Å². The molecule has 0 aromatic rings. The molecule has 1 fully saturated rings. The summed E-state index contributed by atoms with van der Waals surface area (Å²) < 4.78 is 10.6. The fourth-order valence-electron chi connectivity index (χ4n) is 0.905. The van der Waals surface area contributed by atoms with E-state index in [4.69, 9.17) is 20.9 Å². The highest BCUT2D eigenvalue weighted by molar-refractivity contribution is 4.76. The molecule has 4 N–H and O–H groups in total. The van der Waals surface area contributed by atoms with Crippen LogP contribution in [0.3, 0.4) is 0 Å². The van der Waals surface area contributed by atoms with Gasteiger partial charge in [0.25, 0.3) is 0 Å². The first-order chi connectivity index (χ1) is 4.51. The van der Waals surface area contributed by atoms with Crippen LogP contribution in [-0.4, -0.2) is 24.7 Å². The molecule has 1 aliphatic heterocycles. The van der Waals surface area contributed by atoms with Gasteiger partial charge in [-0.3, -0.25) is 0 Å². The molecule has 0 spiro atoms. The van der Waals surface area contributed by atoms with Crippen molar-refractivity contribution in [3.05, 3.63) is 0 Å². The van der Waals surface area contributed by atoms with Crippen LogP contribution >= 0.6 is 0 Å². The minimum Gasteiger partial charge on any atom is -0.348 e. The third kappa shape index (κ3) is 1.67. The second-order valence-corrected chi connectivity index (χ2v) is 2.94. The summed E-state index contributed by atoms with van der Waals surface area (Å²) in [4.78, 5) is 0. The van der Waals surface area contributed by atoms with E-state index >= 15 is 0 Å². The lowest BCUT2D eigenvalue weighted by atomic mass is 10.3. The van der Waals surface area contributed by atoms with Crippen molar-refractivity contribution < 1.29 is 9.47 Å². The highest BCUT2D eigenvalue weighted by Crippen LogP contribution is 2.22. The van der Waals surface area contributed by atoms with Gasteiger partial charge in [0.15, 0.2) is 5.79 Å². The molecule has 1 saturated heterocycles. The summed E-state index contributed by atoms with van der Waals surface area (Å²) in [5, 5.41) is 0. The topological polar surface area (TPSA) is 70.5 Å². The van der Waals surface area contributed by atoms with Gasteiger partial charge in [-0.15, -0.1) is 0 Å². The molecule has 1 heterocycles. The minimum atomic E-state index is -0.512. The van der Waals surface area contributed by atoms with Gasteiger partial charge in [-0.25, -0.2) is 0 Å². The van der Waals surface area contributed by atoms with Crippen LogP contribution in [0.25, 0.3) is 0 Å². The molecule has 4 nitrogen and oxygen atoms in total. The molecule has 60 valence electrons. The Morgan fingerprint density at radius 2 is 2.10 bits per heavy atom. The molecule has 0 saturated carbocycles. The maximum absolute atomic E-state index is 5.39. The SMILES string of the molecule is CC1(C)OCC(C(N)N)O1. The first kappa shape index (κ1) is 7.94. The van der Waals surface area contributed by atoms with Crippen molar-refractivity contribution in [2.45, 2.75) is 31.9 Å². The lowest BCUT2D eigenvalue weighted by molar-refractivity contribution is -0.140. The summed E-state index contributed by atoms with van der Waals surface area (Å²) in [6.45, 7) is 4.18. The maximum atomic E-state index is 5.39. The summed E-state index contributed by atoms with van der Waals surface area (Å²) in [5.74, 6) is -0.512. The Hall–Kier alpha value is -0.160. The first-order valence-corrected chi connectivity index (χ1v) is 3.34. The fourth-order valence-corrected chi connectivity index (χ4v) is 0.905. The predicted molar refractivity (Wildman–Crippen MR) is 37.1 cm³/mol. The molecule has 0 radical (unpaired) electrons. The molecule has 0 amide bonds. The van der Waals surface area contributed by atoms with Gasteiger partial charge in [-0.1, -0.05) is 0 Å². The van der Waals surface area contributed by atoms with Crippen LogP contribution in [0.2, 0.25) is 0 Å². The average Bonchev–Trinajstić information content (AvgIpc) is 2.10. The van der Waals surface area contributed by atoms with Gasteiger partial charge >= 0.3 is 0 Å². The average molecular weight is 146 g/mol. The van der Waals surface area contributed by atoms with Crippen LogP contribution in [-0.2, 0) is 9.47 Å². The third-order valence-corrected chi connectivity index (χ3v) is 1.46. The summed E-state index contributed by atoms with van der Waals surface area (Å²) in [6, 6.07) is 0. The summed E-state index contributed by atoms with van der Waals surface area (Å²) in [7, 11) is 0. The molecule has 4 heteroatoms. The Morgan fingerprint density at radius 1 is 1.50 bits per heavy atom. The van der Waals surface area contributed by atoms with Crippen molar-refractivity contribution in [1.29, 1.82) is 0 Å². The monoisotopic (exact) mass is 146 g/mol. The van der Waals surface area contributed by atoms with E-state index in [1.165, 1.54) is 0 Å². The van der Waals surface area contributed by atoms with Crippen molar-refractivity contribution in [1.82, 2.24) is 0 Å². The molecule has 1 atom stereocenters. The summed E-state index contributed by atoms with van der Waals surface area (Å²) in [5.41, 5.74) is 10.8. The summed E-state index contributed by atoms with van der Waals surface area (Å²) >= 11 is 0.